The van der Waals surface area contributed by atoms with E-state index >= 15 is 0 Å². The molecule has 0 aliphatic carbocycles. The van der Waals surface area contributed by atoms with Crippen molar-refractivity contribution in [3.63, 3.8) is 0 Å². The Morgan fingerprint density at radius 2 is 2.05 bits per heavy atom. The van der Waals surface area contributed by atoms with Crippen LogP contribution in [0.2, 0.25) is 0 Å². The van der Waals surface area contributed by atoms with Crippen molar-refractivity contribution >= 4 is 23.2 Å². The summed E-state index contributed by atoms with van der Waals surface area (Å²) in [6.07, 6.45) is 2.96. The van der Waals surface area contributed by atoms with Crippen molar-refractivity contribution in [2.24, 2.45) is 0 Å². The number of hydrogen-bond donors (Lipinski definition) is 2. The lowest BCUT2D eigenvalue weighted by atomic mass is 10.6. The molecule has 9 nitrogen and oxygen atoms in total. The van der Waals surface area contributed by atoms with Crippen LogP contribution in [0, 0.1) is 6.92 Å². The summed E-state index contributed by atoms with van der Waals surface area (Å²) in [7, 11) is 1.74. The molecular weight excluding hydrogens is 290 g/mol. The number of nitrogens with zero attached hydrogens (tertiary/aromatic N) is 7. The molecule has 3 rings (SSSR count). The molecule has 0 unspecified atom stereocenters. The Morgan fingerprint density at radius 1 is 1.19 bits per heavy atom. The summed E-state index contributed by atoms with van der Waals surface area (Å²) < 4.78 is 1.47. The first-order valence-electron chi connectivity index (χ1n) is 6.18. The van der Waals surface area contributed by atoms with E-state index in [1.54, 1.807) is 18.4 Å². The molecule has 0 saturated heterocycles. The van der Waals surface area contributed by atoms with Gasteiger partial charge in [0, 0.05) is 18.1 Å². The van der Waals surface area contributed by atoms with E-state index in [9.17, 15) is 0 Å². The average molecular weight is 303 g/mol. The van der Waals surface area contributed by atoms with Crippen LogP contribution < -0.4 is 10.6 Å². The first-order chi connectivity index (χ1) is 10.2. The minimum atomic E-state index is 0.393. The third kappa shape index (κ3) is 3.11. The third-order valence-electron chi connectivity index (χ3n) is 2.54. The molecule has 21 heavy (non-hydrogen) atoms. The molecule has 3 heterocycles. The fourth-order valence-corrected chi connectivity index (χ4v) is 2.32. The van der Waals surface area contributed by atoms with Crippen LogP contribution in [0.15, 0.2) is 18.0 Å². The number of hydrogen-bond acceptors (Lipinski definition) is 9. The van der Waals surface area contributed by atoms with Crippen LogP contribution >= 0.6 is 11.3 Å². The molecule has 10 heteroatoms. The monoisotopic (exact) mass is 303 g/mol. The molecule has 0 fully saturated rings. The fraction of sp³-hybridized carbons (Fsp3) is 0.273. The van der Waals surface area contributed by atoms with E-state index in [0.717, 1.165) is 10.7 Å². The summed E-state index contributed by atoms with van der Waals surface area (Å²) in [5.74, 6) is 1.30. The fourth-order valence-electron chi connectivity index (χ4n) is 1.61. The Morgan fingerprint density at radius 3 is 2.71 bits per heavy atom. The smallest absolute Gasteiger partial charge is 0.258 e. The lowest BCUT2D eigenvalue weighted by Crippen LogP contribution is -2.11. The maximum atomic E-state index is 4.38. The van der Waals surface area contributed by atoms with Crippen molar-refractivity contribution in [1.29, 1.82) is 0 Å². The Kier molecular flexibility index (Phi) is 3.69. The highest BCUT2D eigenvalue weighted by Crippen LogP contribution is 2.12. The van der Waals surface area contributed by atoms with Crippen LogP contribution in [0.25, 0.3) is 5.95 Å². The van der Waals surface area contributed by atoms with Crippen molar-refractivity contribution in [3.05, 3.63) is 28.7 Å². The van der Waals surface area contributed by atoms with Crippen molar-refractivity contribution in [1.82, 2.24) is 34.7 Å². The maximum Gasteiger partial charge on any atom is 0.258 e. The summed E-state index contributed by atoms with van der Waals surface area (Å²) in [5.41, 5.74) is 1.01. The maximum absolute atomic E-state index is 4.38. The molecule has 0 bridgehead atoms. The third-order valence-corrected chi connectivity index (χ3v) is 3.50. The Bertz CT molecular complexity index is 721. The van der Waals surface area contributed by atoms with Gasteiger partial charge >= 0.3 is 0 Å². The number of rotatable bonds is 5. The van der Waals surface area contributed by atoms with Crippen LogP contribution in [0.5, 0.6) is 0 Å². The molecule has 0 spiro atoms. The zero-order chi connectivity index (χ0) is 14.7. The zero-order valence-corrected chi connectivity index (χ0v) is 12.3. The molecule has 3 aromatic rings. The molecule has 3 aromatic heterocycles. The van der Waals surface area contributed by atoms with Gasteiger partial charge in [-0.25, -0.2) is 9.97 Å². The molecule has 0 aliphatic heterocycles. The summed E-state index contributed by atoms with van der Waals surface area (Å²) in [4.78, 5) is 21.1. The molecule has 0 radical (unpaired) electrons. The predicted molar refractivity (Wildman–Crippen MR) is 78.5 cm³/mol. The van der Waals surface area contributed by atoms with E-state index in [-0.39, 0.29) is 0 Å². The average Bonchev–Trinajstić information content (AvgIpc) is 3.16. The first kappa shape index (κ1) is 13.4. The summed E-state index contributed by atoms with van der Waals surface area (Å²) in [6, 6.07) is 0. The van der Waals surface area contributed by atoms with Crippen LogP contribution in [-0.2, 0) is 6.54 Å². The molecule has 0 atom stereocenters. The van der Waals surface area contributed by atoms with E-state index in [0.29, 0.717) is 24.4 Å². The van der Waals surface area contributed by atoms with Crippen molar-refractivity contribution in [3.8, 4) is 5.95 Å². The zero-order valence-electron chi connectivity index (χ0n) is 11.5. The topological polar surface area (TPSA) is 106 Å². The van der Waals surface area contributed by atoms with Gasteiger partial charge in [0.05, 0.1) is 6.54 Å². The van der Waals surface area contributed by atoms with Crippen molar-refractivity contribution < 1.29 is 0 Å². The quantitative estimate of drug-likeness (QED) is 0.715. The summed E-state index contributed by atoms with van der Waals surface area (Å²) >= 11 is 1.59. The first-order valence-corrected chi connectivity index (χ1v) is 7.06. The van der Waals surface area contributed by atoms with E-state index in [1.165, 1.54) is 17.3 Å². The van der Waals surface area contributed by atoms with Gasteiger partial charge in [-0.05, 0) is 6.92 Å². The van der Waals surface area contributed by atoms with Gasteiger partial charge in [0.15, 0.2) is 0 Å². The van der Waals surface area contributed by atoms with E-state index in [1.807, 2.05) is 12.3 Å². The van der Waals surface area contributed by atoms with Gasteiger partial charge < -0.3 is 10.6 Å². The number of aryl methyl sites for hydroxylation is 1. The van der Waals surface area contributed by atoms with Crippen LogP contribution in [0.4, 0.5) is 11.9 Å². The van der Waals surface area contributed by atoms with Crippen molar-refractivity contribution in [2.45, 2.75) is 13.5 Å². The largest absolute Gasteiger partial charge is 0.357 e. The second kappa shape index (κ2) is 5.79. The van der Waals surface area contributed by atoms with Gasteiger partial charge in [0.2, 0.25) is 11.9 Å². The Hall–Kier alpha value is -2.62. The van der Waals surface area contributed by atoms with E-state index in [4.69, 9.17) is 0 Å². The van der Waals surface area contributed by atoms with Crippen LogP contribution in [-0.4, -0.2) is 41.7 Å². The molecule has 0 saturated carbocycles. The van der Waals surface area contributed by atoms with Gasteiger partial charge in [-0.3, -0.25) is 0 Å². The second-order valence-electron chi connectivity index (χ2n) is 4.11. The molecular formula is C11H13N9S. The minimum absolute atomic E-state index is 0.393. The van der Waals surface area contributed by atoms with Crippen LogP contribution in [0.3, 0.4) is 0 Å². The Labute approximate surface area is 124 Å². The van der Waals surface area contributed by atoms with E-state index in [2.05, 4.69) is 40.7 Å². The molecule has 0 aliphatic rings. The van der Waals surface area contributed by atoms with Gasteiger partial charge in [-0.1, -0.05) is 0 Å². The summed E-state index contributed by atoms with van der Waals surface area (Å²) in [5, 5.41) is 13.0. The number of anilines is 2. The standard InChI is InChI=1S/C11H13N9S/c1-7-4-21-8(16-7)3-14-10-17-9(12-2)18-11(19-10)20-6-13-5-15-20/h4-6H,3H2,1-2H3,(H2,12,14,17,18,19). The highest BCUT2D eigenvalue weighted by Gasteiger charge is 2.08. The van der Waals surface area contributed by atoms with Gasteiger partial charge in [-0.15, -0.1) is 11.3 Å². The lowest BCUT2D eigenvalue weighted by molar-refractivity contribution is 0.795. The predicted octanol–water partition coefficient (Wildman–Crippen LogP) is 0.871. The lowest BCUT2D eigenvalue weighted by Gasteiger charge is -2.07. The Balaban J connectivity index is 1.82. The highest BCUT2D eigenvalue weighted by molar-refractivity contribution is 7.09. The van der Waals surface area contributed by atoms with Crippen molar-refractivity contribution in [2.75, 3.05) is 17.7 Å². The number of thiazole rings is 1. The summed E-state index contributed by atoms with van der Waals surface area (Å²) in [6.45, 7) is 2.52. The normalized spacial score (nSPS) is 10.6. The van der Waals surface area contributed by atoms with E-state index < -0.39 is 0 Å². The minimum Gasteiger partial charge on any atom is -0.357 e. The second-order valence-corrected chi connectivity index (χ2v) is 5.05. The molecule has 2 N–H and O–H groups in total. The number of aromatic nitrogens is 7. The van der Waals surface area contributed by atoms with Gasteiger partial charge in [-0.2, -0.15) is 24.7 Å². The van der Waals surface area contributed by atoms with Crippen LogP contribution in [0.1, 0.15) is 10.7 Å². The molecule has 0 amide bonds. The van der Waals surface area contributed by atoms with Gasteiger partial charge in [0.1, 0.15) is 17.7 Å². The molecule has 108 valence electrons. The number of nitrogens with one attached hydrogen (secondary N) is 2. The highest BCUT2D eigenvalue weighted by atomic mass is 32.1. The molecule has 0 aromatic carbocycles. The SMILES string of the molecule is CNc1nc(NCc2nc(C)cs2)nc(-n2cncn2)n1. The van der Waals surface area contributed by atoms with Gasteiger partial charge in [0.25, 0.3) is 5.95 Å².